The summed E-state index contributed by atoms with van der Waals surface area (Å²) in [7, 11) is 1.38. The van der Waals surface area contributed by atoms with Crippen molar-refractivity contribution in [3.63, 3.8) is 0 Å². The molecule has 0 radical (unpaired) electrons. The van der Waals surface area contributed by atoms with E-state index in [1.165, 1.54) is 37.8 Å². The Bertz CT molecular complexity index is 1520. The summed E-state index contributed by atoms with van der Waals surface area (Å²) in [5.74, 6) is -0.442. The van der Waals surface area contributed by atoms with Crippen LogP contribution in [-0.4, -0.2) is 66.3 Å². The molecule has 3 heterocycles. The summed E-state index contributed by atoms with van der Waals surface area (Å²) in [6.45, 7) is 2.95. The fourth-order valence-electron chi connectivity index (χ4n) is 5.07. The Morgan fingerprint density at radius 3 is 2.44 bits per heavy atom. The van der Waals surface area contributed by atoms with Crippen molar-refractivity contribution in [1.29, 1.82) is 0 Å². The standard InChI is InChI=1S/C27H26ClF4N5O4/c1-13(38)23-24(40-3)21(36-11-10-19(35-36)15-4-7-17(29)8-5-15)22(39)25(41-23)26-33-14(2)34-37(26)20-12-16(28)6-9-18(20)27(30,31)32/h4-13,21-25,38-39H,1-3H3/t13?,21?,22?,23?,24-,25-/m1/s1. The van der Waals surface area contributed by atoms with Gasteiger partial charge in [-0.3, -0.25) is 4.68 Å². The van der Waals surface area contributed by atoms with Crippen molar-refractivity contribution in [3.05, 3.63) is 82.8 Å². The average molecular weight is 596 g/mol. The molecule has 1 fully saturated rings. The number of halogens is 5. The first-order chi connectivity index (χ1) is 19.4. The maximum Gasteiger partial charge on any atom is 0.418 e. The molecule has 2 aromatic carbocycles. The third-order valence-corrected chi connectivity index (χ3v) is 7.15. The monoisotopic (exact) mass is 595 g/mol. The minimum absolute atomic E-state index is 0.0289. The normalized spacial score (nSPS) is 24.0. The van der Waals surface area contributed by atoms with E-state index >= 15 is 0 Å². The minimum atomic E-state index is -4.75. The van der Waals surface area contributed by atoms with Gasteiger partial charge in [-0.25, -0.2) is 14.1 Å². The number of alkyl halides is 3. The zero-order chi connectivity index (χ0) is 29.6. The van der Waals surface area contributed by atoms with Crippen molar-refractivity contribution in [1.82, 2.24) is 24.5 Å². The van der Waals surface area contributed by atoms with Crippen LogP contribution in [0.1, 0.15) is 36.3 Å². The fourth-order valence-corrected chi connectivity index (χ4v) is 5.23. The predicted molar refractivity (Wildman–Crippen MR) is 139 cm³/mol. The molecule has 2 N–H and O–H groups in total. The number of aryl methyl sites for hydroxylation is 1. The summed E-state index contributed by atoms with van der Waals surface area (Å²) >= 11 is 6.07. The van der Waals surface area contributed by atoms with Gasteiger partial charge in [-0.1, -0.05) is 11.6 Å². The number of rotatable bonds is 6. The van der Waals surface area contributed by atoms with Crippen molar-refractivity contribution in [2.75, 3.05) is 7.11 Å². The van der Waals surface area contributed by atoms with E-state index in [-0.39, 0.29) is 16.7 Å². The molecule has 1 saturated heterocycles. The van der Waals surface area contributed by atoms with Gasteiger partial charge in [0.1, 0.15) is 42.1 Å². The zero-order valence-corrected chi connectivity index (χ0v) is 22.8. The van der Waals surface area contributed by atoms with Crippen LogP contribution < -0.4 is 0 Å². The largest absolute Gasteiger partial charge is 0.418 e. The Morgan fingerprint density at radius 1 is 1.10 bits per heavy atom. The van der Waals surface area contributed by atoms with Crippen LogP contribution >= 0.6 is 11.6 Å². The molecule has 5 rings (SSSR count). The molecule has 41 heavy (non-hydrogen) atoms. The maximum atomic E-state index is 14.0. The van der Waals surface area contributed by atoms with Gasteiger partial charge < -0.3 is 19.7 Å². The molecule has 0 saturated carbocycles. The highest BCUT2D eigenvalue weighted by atomic mass is 35.5. The lowest BCUT2D eigenvalue weighted by Crippen LogP contribution is -2.56. The number of benzene rings is 2. The molecule has 1 aliphatic rings. The Hall–Kier alpha value is -3.36. The van der Waals surface area contributed by atoms with Crippen molar-refractivity contribution >= 4 is 11.6 Å². The highest BCUT2D eigenvalue weighted by molar-refractivity contribution is 6.30. The molecule has 218 valence electrons. The summed E-state index contributed by atoms with van der Waals surface area (Å²) in [4.78, 5) is 4.32. The first-order valence-corrected chi connectivity index (χ1v) is 12.9. The van der Waals surface area contributed by atoms with Gasteiger partial charge in [-0.15, -0.1) is 0 Å². The zero-order valence-electron chi connectivity index (χ0n) is 22.0. The lowest BCUT2D eigenvalue weighted by Gasteiger charge is -2.45. The van der Waals surface area contributed by atoms with E-state index < -0.39 is 59.8 Å². The molecule has 0 spiro atoms. The van der Waals surface area contributed by atoms with Gasteiger partial charge in [-0.2, -0.15) is 23.4 Å². The summed E-state index contributed by atoms with van der Waals surface area (Å²) in [6, 6.07) is 9.38. The summed E-state index contributed by atoms with van der Waals surface area (Å²) < 4.78 is 69.5. The topological polar surface area (TPSA) is 107 Å². The number of hydrogen-bond acceptors (Lipinski definition) is 7. The molecular formula is C27H26ClF4N5O4. The highest BCUT2D eigenvalue weighted by Crippen LogP contribution is 2.42. The van der Waals surface area contributed by atoms with Gasteiger partial charge in [0.25, 0.3) is 0 Å². The van der Waals surface area contributed by atoms with E-state index in [0.29, 0.717) is 11.3 Å². The molecule has 0 amide bonds. The van der Waals surface area contributed by atoms with Crippen molar-refractivity contribution < 1.29 is 37.2 Å². The van der Waals surface area contributed by atoms with Crippen LogP contribution in [0.5, 0.6) is 0 Å². The molecule has 0 aliphatic carbocycles. The van der Waals surface area contributed by atoms with Crippen LogP contribution in [0.25, 0.3) is 16.9 Å². The molecule has 2 aromatic heterocycles. The van der Waals surface area contributed by atoms with E-state index in [4.69, 9.17) is 21.1 Å². The summed E-state index contributed by atoms with van der Waals surface area (Å²) in [5, 5.41) is 31.1. The summed E-state index contributed by atoms with van der Waals surface area (Å²) in [6.07, 6.45) is -9.13. The Labute approximate surface area is 236 Å². The third kappa shape index (κ3) is 5.60. The van der Waals surface area contributed by atoms with Crippen molar-refractivity contribution in [2.45, 2.75) is 56.6 Å². The van der Waals surface area contributed by atoms with Crippen LogP contribution in [0, 0.1) is 12.7 Å². The Kier molecular flexibility index (Phi) is 7.92. The first-order valence-electron chi connectivity index (χ1n) is 12.5. The molecule has 0 bridgehead atoms. The van der Waals surface area contributed by atoms with Crippen LogP contribution in [0.3, 0.4) is 0 Å². The third-order valence-electron chi connectivity index (χ3n) is 6.91. The van der Waals surface area contributed by atoms with E-state index in [9.17, 15) is 27.8 Å². The maximum absolute atomic E-state index is 14.0. The number of hydrogen-bond donors (Lipinski definition) is 2. The average Bonchev–Trinajstić information content (AvgIpc) is 3.54. The predicted octanol–water partition coefficient (Wildman–Crippen LogP) is 4.69. The van der Waals surface area contributed by atoms with E-state index in [1.54, 1.807) is 24.4 Å². The van der Waals surface area contributed by atoms with Gasteiger partial charge in [0.15, 0.2) is 5.82 Å². The fraction of sp³-hybridized carbons (Fsp3) is 0.370. The van der Waals surface area contributed by atoms with Crippen LogP contribution in [-0.2, 0) is 15.7 Å². The summed E-state index contributed by atoms with van der Waals surface area (Å²) in [5.41, 5.74) is -0.349. The molecule has 14 heteroatoms. The number of aliphatic hydroxyl groups is 2. The molecule has 4 unspecified atom stereocenters. The van der Waals surface area contributed by atoms with Gasteiger partial charge in [0.2, 0.25) is 0 Å². The smallest absolute Gasteiger partial charge is 0.391 e. The number of ether oxygens (including phenoxy) is 2. The Morgan fingerprint density at radius 2 is 1.80 bits per heavy atom. The van der Waals surface area contributed by atoms with Gasteiger partial charge in [0.05, 0.1) is 23.0 Å². The van der Waals surface area contributed by atoms with Crippen LogP contribution in [0.15, 0.2) is 54.7 Å². The molecule has 9 nitrogen and oxygen atoms in total. The lowest BCUT2D eigenvalue weighted by molar-refractivity contribution is -0.230. The second kappa shape index (κ2) is 11.1. The van der Waals surface area contributed by atoms with E-state index in [2.05, 4.69) is 15.2 Å². The van der Waals surface area contributed by atoms with E-state index in [0.717, 1.165) is 22.9 Å². The van der Waals surface area contributed by atoms with Crippen LogP contribution in [0.4, 0.5) is 17.6 Å². The van der Waals surface area contributed by atoms with Gasteiger partial charge in [-0.05, 0) is 62.4 Å². The lowest BCUT2D eigenvalue weighted by atomic mass is 9.89. The number of nitrogens with zero attached hydrogens (tertiary/aromatic N) is 5. The van der Waals surface area contributed by atoms with Crippen molar-refractivity contribution in [2.24, 2.45) is 0 Å². The Balaban J connectivity index is 1.62. The molecule has 4 aromatic rings. The first kappa shape index (κ1) is 29.1. The number of methoxy groups -OCH3 is 1. The van der Waals surface area contributed by atoms with Gasteiger partial charge >= 0.3 is 6.18 Å². The molecule has 6 atom stereocenters. The minimum Gasteiger partial charge on any atom is -0.391 e. The second-order valence-electron chi connectivity index (χ2n) is 9.72. The van der Waals surface area contributed by atoms with Crippen molar-refractivity contribution in [3.8, 4) is 16.9 Å². The van der Waals surface area contributed by atoms with Gasteiger partial charge in [0, 0.05) is 23.9 Å². The highest BCUT2D eigenvalue weighted by Gasteiger charge is 2.51. The van der Waals surface area contributed by atoms with E-state index in [1.807, 2.05) is 0 Å². The molecular weight excluding hydrogens is 570 g/mol. The molecule has 1 aliphatic heterocycles. The SMILES string of the molecule is CO[C@H]1C(C(C)O)O[C@@H](c2nc(C)nn2-c2cc(Cl)ccc2C(F)(F)F)C(O)C1n1ccc(-c2ccc(F)cc2)n1. The number of aliphatic hydroxyl groups excluding tert-OH is 2. The number of aromatic nitrogens is 5. The quantitative estimate of drug-likeness (QED) is 0.312. The van der Waals surface area contributed by atoms with Crippen LogP contribution in [0.2, 0.25) is 5.02 Å². The second-order valence-corrected chi connectivity index (χ2v) is 10.2.